The molecule has 1 saturated heterocycles. The molecule has 0 bridgehead atoms. The molecule has 1 N–H and O–H groups in total. The van der Waals surface area contributed by atoms with Crippen LogP contribution in [0.25, 0.3) is 0 Å². The molecule has 138 valence electrons. The Morgan fingerprint density at radius 3 is 2.81 bits per heavy atom. The fourth-order valence-electron chi connectivity index (χ4n) is 4.07. The monoisotopic (exact) mass is 371 g/mol. The summed E-state index contributed by atoms with van der Waals surface area (Å²) >= 11 is 1.76. The number of hydrogen-bond donors (Lipinski definition) is 1. The van der Waals surface area contributed by atoms with Crippen LogP contribution in [0.15, 0.2) is 36.7 Å². The standard InChI is InChI=1S/C20H25N3O2S/c1-22-12-9-21-19(22)17(24)15-6-10-23(11-7-15)20(25)18-16-5-3-2-4-14(16)8-13-26-18/h2-5,9,12,15,17-18,24H,6-8,10-11,13H2,1H3. The van der Waals surface area contributed by atoms with E-state index in [4.69, 9.17) is 0 Å². The Balaban J connectivity index is 1.41. The first-order valence-corrected chi connectivity index (χ1v) is 10.3. The highest BCUT2D eigenvalue weighted by Crippen LogP contribution is 2.39. The number of amides is 1. The number of aliphatic hydroxyl groups excluding tert-OH is 1. The van der Waals surface area contributed by atoms with E-state index in [2.05, 4.69) is 23.2 Å². The minimum atomic E-state index is -0.558. The van der Waals surface area contributed by atoms with Gasteiger partial charge >= 0.3 is 0 Å². The zero-order valence-corrected chi connectivity index (χ0v) is 15.9. The number of aromatic nitrogens is 2. The minimum Gasteiger partial charge on any atom is -0.385 e. The molecule has 1 amide bonds. The number of hydrogen-bond acceptors (Lipinski definition) is 4. The van der Waals surface area contributed by atoms with E-state index in [9.17, 15) is 9.90 Å². The fourth-order valence-corrected chi connectivity index (χ4v) is 5.35. The summed E-state index contributed by atoms with van der Waals surface area (Å²) in [6, 6.07) is 8.33. The molecule has 6 heteroatoms. The molecule has 0 aliphatic carbocycles. The van der Waals surface area contributed by atoms with Crippen molar-refractivity contribution >= 4 is 17.7 Å². The Labute approximate surface area is 158 Å². The SMILES string of the molecule is Cn1ccnc1C(O)C1CCN(C(=O)C2SCCc3ccccc32)CC1. The number of carbonyl (C=O) groups excluding carboxylic acids is 1. The van der Waals surface area contributed by atoms with Gasteiger partial charge < -0.3 is 14.6 Å². The van der Waals surface area contributed by atoms with E-state index in [1.165, 1.54) is 11.1 Å². The second-order valence-electron chi connectivity index (χ2n) is 7.20. The zero-order chi connectivity index (χ0) is 18.1. The first-order chi connectivity index (χ1) is 12.6. The smallest absolute Gasteiger partial charge is 0.240 e. The highest BCUT2D eigenvalue weighted by atomic mass is 32.2. The summed E-state index contributed by atoms with van der Waals surface area (Å²) in [6.45, 7) is 1.43. The number of fused-ring (bicyclic) bond motifs is 1. The largest absolute Gasteiger partial charge is 0.385 e. The molecule has 4 rings (SSSR count). The maximum absolute atomic E-state index is 13.1. The second kappa shape index (κ2) is 7.45. The topological polar surface area (TPSA) is 58.4 Å². The Morgan fingerprint density at radius 1 is 1.31 bits per heavy atom. The van der Waals surface area contributed by atoms with Crippen molar-refractivity contribution in [1.82, 2.24) is 14.5 Å². The molecule has 1 aromatic heterocycles. The highest BCUT2D eigenvalue weighted by molar-refractivity contribution is 8.00. The molecular weight excluding hydrogens is 346 g/mol. The third-order valence-corrected chi connectivity index (χ3v) is 6.87. The molecule has 5 nitrogen and oxygen atoms in total. The van der Waals surface area contributed by atoms with E-state index in [0.29, 0.717) is 18.9 Å². The van der Waals surface area contributed by atoms with Crippen molar-refractivity contribution in [3.05, 3.63) is 53.6 Å². The van der Waals surface area contributed by atoms with Gasteiger partial charge in [0.05, 0.1) is 0 Å². The number of carbonyl (C=O) groups is 1. The van der Waals surface area contributed by atoms with Crippen LogP contribution < -0.4 is 0 Å². The van der Waals surface area contributed by atoms with Crippen molar-refractivity contribution in [1.29, 1.82) is 0 Å². The van der Waals surface area contributed by atoms with Crippen LogP contribution in [0.2, 0.25) is 0 Å². The number of aryl methyl sites for hydroxylation is 2. The lowest BCUT2D eigenvalue weighted by Crippen LogP contribution is -2.42. The Hall–Kier alpha value is -1.79. The molecule has 2 atom stereocenters. The highest BCUT2D eigenvalue weighted by Gasteiger charge is 2.34. The maximum atomic E-state index is 13.1. The van der Waals surface area contributed by atoms with Crippen LogP contribution in [0.1, 0.15) is 41.1 Å². The van der Waals surface area contributed by atoms with Crippen LogP contribution in [0.5, 0.6) is 0 Å². The summed E-state index contributed by atoms with van der Waals surface area (Å²) in [5, 5.41) is 10.6. The number of nitrogens with zero attached hydrogens (tertiary/aromatic N) is 3. The van der Waals surface area contributed by atoms with Crippen molar-refractivity contribution in [2.24, 2.45) is 13.0 Å². The molecule has 0 saturated carbocycles. The second-order valence-corrected chi connectivity index (χ2v) is 8.42. The third kappa shape index (κ3) is 3.28. The molecule has 2 aliphatic rings. The number of rotatable bonds is 3. The molecule has 2 aromatic rings. The van der Waals surface area contributed by atoms with Crippen LogP contribution in [-0.2, 0) is 18.3 Å². The summed E-state index contributed by atoms with van der Waals surface area (Å²) in [6.07, 6.45) is 5.70. The van der Waals surface area contributed by atoms with Gasteiger partial charge in [-0.1, -0.05) is 24.3 Å². The third-order valence-electron chi connectivity index (χ3n) is 5.64. The number of likely N-dealkylation sites (tertiary alicyclic amines) is 1. The average Bonchev–Trinajstić information content (AvgIpc) is 3.12. The summed E-state index contributed by atoms with van der Waals surface area (Å²) in [4.78, 5) is 19.4. The molecule has 3 heterocycles. The van der Waals surface area contributed by atoms with Crippen molar-refractivity contribution in [3.8, 4) is 0 Å². The van der Waals surface area contributed by atoms with Crippen LogP contribution in [-0.4, -0.2) is 44.3 Å². The van der Waals surface area contributed by atoms with E-state index in [-0.39, 0.29) is 17.1 Å². The summed E-state index contributed by atoms with van der Waals surface area (Å²) < 4.78 is 1.87. The predicted octanol–water partition coefficient (Wildman–Crippen LogP) is 2.72. The van der Waals surface area contributed by atoms with E-state index in [0.717, 1.165) is 25.0 Å². The average molecular weight is 372 g/mol. The Kier molecular flexibility index (Phi) is 5.05. The maximum Gasteiger partial charge on any atom is 0.240 e. The summed E-state index contributed by atoms with van der Waals surface area (Å²) in [7, 11) is 1.90. The Bertz CT molecular complexity index is 783. The number of benzene rings is 1. The van der Waals surface area contributed by atoms with E-state index < -0.39 is 6.10 Å². The quantitative estimate of drug-likeness (QED) is 0.901. The van der Waals surface area contributed by atoms with Gasteiger partial charge in [0.2, 0.25) is 5.91 Å². The molecule has 0 radical (unpaired) electrons. The van der Waals surface area contributed by atoms with Gasteiger partial charge in [0, 0.05) is 32.5 Å². The van der Waals surface area contributed by atoms with Crippen LogP contribution in [0.3, 0.4) is 0 Å². The van der Waals surface area contributed by atoms with E-state index in [1.807, 2.05) is 28.8 Å². The van der Waals surface area contributed by atoms with E-state index in [1.54, 1.807) is 18.0 Å². The molecule has 2 unspecified atom stereocenters. The van der Waals surface area contributed by atoms with Crippen LogP contribution in [0, 0.1) is 5.92 Å². The number of piperidine rings is 1. The zero-order valence-electron chi connectivity index (χ0n) is 15.0. The van der Waals surface area contributed by atoms with Crippen LogP contribution >= 0.6 is 11.8 Å². The normalized spacial score (nSPS) is 22.1. The first-order valence-electron chi connectivity index (χ1n) is 9.28. The molecular formula is C20H25N3O2S. The Morgan fingerprint density at radius 2 is 2.08 bits per heavy atom. The molecule has 1 aromatic carbocycles. The van der Waals surface area contributed by atoms with Crippen LogP contribution in [0.4, 0.5) is 0 Å². The van der Waals surface area contributed by atoms with Crippen molar-refractivity contribution in [3.63, 3.8) is 0 Å². The molecule has 2 aliphatic heterocycles. The minimum absolute atomic E-state index is 0.0732. The van der Waals surface area contributed by atoms with Gasteiger partial charge in [0.1, 0.15) is 17.2 Å². The van der Waals surface area contributed by atoms with Gasteiger partial charge in [0.25, 0.3) is 0 Å². The number of imidazole rings is 1. The van der Waals surface area contributed by atoms with Crippen molar-refractivity contribution < 1.29 is 9.90 Å². The van der Waals surface area contributed by atoms with Gasteiger partial charge in [-0.15, -0.1) is 11.8 Å². The summed E-state index contributed by atoms with van der Waals surface area (Å²) in [5.41, 5.74) is 2.49. The van der Waals surface area contributed by atoms with Gasteiger partial charge in [-0.3, -0.25) is 4.79 Å². The molecule has 0 spiro atoms. The van der Waals surface area contributed by atoms with Gasteiger partial charge in [-0.25, -0.2) is 4.98 Å². The predicted molar refractivity (Wildman–Crippen MR) is 103 cm³/mol. The lowest BCUT2D eigenvalue weighted by Gasteiger charge is -2.36. The van der Waals surface area contributed by atoms with Gasteiger partial charge in [-0.05, 0) is 42.1 Å². The van der Waals surface area contributed by atoms with Gasteiger partial charge in [0.15, 0.2) is 0 Å². The molecule has 26 heavy (non-hydrogen) atoms. The number of thioether (sulfide) groups is 1. The molecule has 1 fully saturated rings. The fraction of sp³-hybridized carbons (Fsp3) is 0.500. The lowest BCUT2D eigenvalue weighted by molar-refractivity contribution is -0.132. The first kappa shape index (κ1) is 17.6. The lowest BCUT2D eigenvalue weighted by atomic mass is 9.90. The van der Waals surface area contributed by atoms with Gasteiger partial charge in [-0.2, -0.15) is 0 Å². The van der Waals surface area contributed by atoms with E-state index >= 15 is 0 Å². The number of aliphatic hydroxyl groups is 1. The van der Waals surface area contributed by atoms with Crippen molar-refractivity contribution in [2.75, 3.05) is 18.8 Å². The summed E-state index contributed by atoms with van der Waals surface area (Å²) in [5.74, 6) is 2.10. The van der Waals surface area contributed by atoms with Crippen molar-refractivity contribution in [2.45, 2.75) is 30.6 Å².